The third kappa shape index (κ3) is 2.95. The summed E-state index contributed by atoms with van der Waals surface area (Å²) in [4.78, 5) is 39.9. The lowest BCUT2D eigenvalue weighted by Gasteiger charge is -2.37. The SMILES string of the molecule is O=C(O)C1CCC1C(=O)N1CSCC1C(=O)N1CCSCC1. The lowest BCUT2D eigenvalue weighted by Crippen LogP contribution is -2.54. The van der Waals surface area contributed by atoms with E-state index in [4.69, 9.17) is 5.11 Å². The average molecular weight is 344 g/mol. The van der Waals surface area contributed by atoms with Crippen LogP contribution in [0.25, 0.3) is 0 Å². The predicted octanol–water partition coefficient (Wildman–Crippen LogP) is 0.574. The Kier molecular flexibility index (Phi) is 4.87. The summed E-state index contributed by atoms with van der Waals surface area (Å²) in [6.07, 6.45) is 1.19. The van der Waals surface area contributed by atoms with Crippen LogP contribution in [-0.4, -0.2) is 75.0 Å². The number of amides is 2. The van der Waals surface area contributed by atoms with Gasteiger partial charge in [-0.15, -0.1) is 11.8 Å². The van der Waals surface area contributed by atoms with Crippen molar-refractivity contribution in [3.05, 3.63) is 0 Å². The molecule has 3 atom stereocenters. The summed E-state index contributed by atoms with van der Waals surface area (Å²) in [7, 11) is 0. The molecule has 2 heterocycles. The number of rotatable bonds is 3. The number of hydrogen-bond acceptors (Lipinski definition) is 5. The van der Waals surface area contributed by atoms with Gasteiger partial charge in [0.15, 0.2) is 0 Å². The molecule has 0 bridgehead atoms. The van der Waals surface area contributed by atoms with Crippen LogP contribution in [-0.2, 0) is 14.4 Å². The van der Waals surface area contributed by atoms with E-state index in [1.165, 1.54) is 0 Å². The fourth-order valence-electron chi connectivity index (χ4n) is 3.16. The quantitative estimate of drug-likeness (QED) is 0.807. The van der Waals surface area contributed by atoms with E-state index in [1.807, 2.05) is 16.7 Å². The Balaban J connectivity index is 1.66. The largest absolute Gasteiger partial charge is 0.481 e. The highest BCUT2D eigenvalue weighted by Gasteiger charge is 2.47. The van der Waals surface area contributed by atoms with Crippen LogP contribution in [0.15, 0.2) is 0 Å². The molecule has 0 aromatic heterocycles. The molecule has 3 aliphatic rings. The van der Waals surface area contributed by atoms with Gasteiger partial charge in [0.1, 0.15) is 6.04 Å². The van der Waals surface area contributed by atoms with Gasteiger partial charge in [-0.05, 0) is 12.8 Å². The van der Waals surface area contributed by atoms with E-state index in [0.717, 1.165) is 24.6 Å². The molecule has 8 heteroatoms. The van der Waals surface area contributed by atoms with Gasteiger partial charge in [0.25, 0.3) is 0 Å². The van der Waals surface area contributed by atoms with Crippen LogP contribution in [0.3, 0.4) is 0 Å². The third-order valence-electron chi connectivity index (χ3n) is 4.68. The Morgan fingerprint density at radius 1 is 0.955 bits per heavy atom. The second-order valence-corrected chi connectivity index (χ2v) is 8.11. The Morgan fingerprint density at radius 2 is 1.64 bits per heavy atom. The predicted molar refractivity (Wildman–Crippen MR) is 85.7 cm³/mol. The van der Waals surface area contributed by atoms with E-state index >= 15 is 0 Å². The fraction of sp³-hybridized carbons (Fsp3) is 0.786. The van der Waals surface area contributed by atoms with Crippen molar-refractivity contribution in [2.75, 3.05) is 36.2 Å². The van der Waals surface area contributed by atoms with Gasteiger partial charge in [0, 0.05) is 30.3 Å². The second-order valence-electron chi connectivity index (χ2n) is 5.89. The first-order chi connectivity index (χ1) is 10.6. The molecule has 3 unspecified atom stereocenters. The van der Waals surface area contributed by atoms with Crippen molar-refractivity contribution in [1.82, 2.24) is 9.80 Å². The van der Waals surface area contributed by atoms with Crippen molar-refractivity contribution in [2.24, 2.45) is 11.8 Å². The van der Waals surface area contributed by atoms with Gasteiger partial charge in [-0.3, -0.25) is 14.4 Å². The first-order valence-corrected chi connectivity index (χ1v) is 9.88. The maximum Gasteiger partial charge on any atom is 0.307 e. The molecule has 1 aliphatic carbocycles. The van der Waals surface area contributed by atoms with Crippen molar-refractivity contribution < 1.29 is 19.5 Å². The summed E-state index contributed by atoms with van der Waals surface area (Å²) in [5.74, 6) is 1.00. The topological polar surface area (TPSA) is 77.9 Å². The van der Waals surface area contributed by atoms with Crippen LogP contribution in [0, 0.1) is 11.8 Å². The molecule has 2 aliphatic heterocycles. The van der Waals surface area contributed by atoms with Crippen molar-refractivity contribution in [1.29, 1.82) is 0 Å². The highest BCUT2D eigenvalue weighted by molar-refractivity contribution is 7.99. The van der Waals surface area contributed by atoms with Gasteiger partial charge in [-0.25, -0.2) is 0 Å². The van der Waals surface area contributed by atoms with E-state index in [0.29, 0.717) is 24.5 Å². The van der Waals surface area contributed by atoms with Crippen molar-refractivity contribution in [2.45, 2.75) is 18.9 Å². The molecule has 122 valence electrons. The summed E-state index contributed by atoms with van der Waals surface area (Å²) in [5.41, 5.74) is 0. The lowest BCUT2D eigenvalue weighted by molar-refractivity contribution is -0.158. The molecule has 22 heavy (non-hydrogen) atoms. The number of carboxylic acid groups (broad SMARTS) is 1. The maximum absolute atomic E-state index is 12.7. The molecule has 3 rings (SSSR count). The Morgan fingerprint density at radius 3 is 2.23 bits per heavy atom. The van der Waals surface area contributed by atoms with Crippen LogP contribution in [0.2, 0.25) is 0 Å². The van der Waals surface area contributed by atoms with Crippen LogP contribution >= 0.6 is 23.5 Å². The van der Waals surface area contributed by atoms with Crippen molar-refractivity contribution in [3.63, 3.8) is 0 Å². The average Bonchev–Trinajstić information content (AvgIpc) is 2.95. The molecule has 0 radical (unpaired) electrons. The minimum Gasteiger partial charge on any atom is -0.481 e. The molecule has 1 saturated carbocycles. The van der Waals surface area contributed by atoms with Gasteiger partial charge in [0.2, 0.25) is 11.8 Å². The van der Waals surface area contributed by atoms with Gasteiger partial charge in [-0.1, -0.05) is 0 Å². The van der Waals surface area contributed by atoms with Gasteiger partial charge < -0.3 is 14.9 Å². The minimum atomic E-state index is -0.896. The molecule has 1 N–H and O–H groups in total. The first-order valence-electron chi connectivity index (χ1n) is 7.57. The van der Waals surface area contributed by atoms with Crippen LogP contribution < -0.4 is 0 Å². The maximum atomic E-state index is 12.7. The second kappa shape index (κ2) is 6.70. The molecule has 3 fully saturated rings. The first kappa shape index (κ1) is 16.0. The van der Waals surface area contributed by atoms with E-state index in [2.05, 4.69) is 0 Å². The van der Waals surface area contributed by atoms with E-state index in [9.17, 15) is 14.4 Å². The van der Waals surface area contributed by atoms with Crippen molar-refractivity contribution >= 4 is 41.3 Å². The smallest absolute Gasteiger partial charge is 0.307 e. The third-order valence-corrected chi connectivity index (χ3v) is 6.64. The van der Waals surface area contributed by atoms with Gasteiger partial charge in [0.05, 0.1) is 17.7 Å². The number of nitrogens with zero attached hydrogens (tertiary/aromatic N) is 2. The highest BCUT2D eigenvalue weighted by atomic mass is 32.2. The van der Waals surface area contributed by atoms with Crippen LogP contribution in [0.1, 0.15) is 12.8 Å². The van der Waals surface area contributed by atoms with Gasteiger partial charge in [-0.2, -0.15) is 11.8 Å². The lowest BCUT2D eigenvalue weighted by atomic mass is 9.73. The summed E-state index contributed by atoms with van der Waals surface area (Å²) in [5, 5.41) is 9.12. The fourth-order valence-corrected chi connectivity index (χ4v) is 5.22. The summed E-state index contributed by atoms with van der Waals surface area (Å²) >= 11 is 3.42. The highest BCUT2D eigenvalue weighted by Crippen LogP contribution is 2.38. The number of thioether (sulfide) groups is 2. The molecule has 0 aromatic rings. The number of carbonyl (C=O) groups is 3. The minimum absolute atomic E-state index is 0.0323. The summed E-state index contributed by atoms with van der Waals surface area (Å²) in [6.45, 7) is 1.49. The molecule has 0 spiro atoms. The number of carboxylic acids is 1. The number of aliphatic carboxylic acids is 1. The van der Waals surface area contributed by atoms with Crippen LogP contribution in [0.5, 0.6) is 0 Å². The zero-order valence-corrected chi connectivity index (χ0v) is 13.9. The molecule has 2 amide bonds. The Labute approximate surface area is 138 Å². The standard InChI is InChI=1S/C14H20N2O4S2/c17-12(9-1-2-10(9)14(19)20)16-8-22-7-11(16)13(18)15-3-5-21-6-4-15/h9-11H,1-8H2,(H,19,20). The van der Waals surface area contributed by atoms with Gasteiger partial charge >= 0.3 is 5.97 Å². The number of carbonyl (C=O) groups excluding carboxylic acids is 2. The summed E-state index contributed by atoms with van der Waals surface area (Å²) in [6, 6.07) is -0.407. The number of hydrogen-bond donors (Lipinski definition) is 1. The zero-order chi connectivity index (χ0) is 15.7. The Hall–Kier alpha value is -0.890. The van der Waals surface area contributed by atoms with Crippen molar-refractivity contribution in [3.8, 4) is 0 Å². The molecular formula is C14H20N2O4S2. The molecule has 0 aromatic carbocycles. The molecular weight excluding hydrogens is 324 g/mol. The zero-order valence-electron chi connectivity index (χ0n) is 12.3. The molecule has 2 saturated heterocycles. The van der Waals surface area contributed by atoms with E-state index in [-0.39, 0.29) is 11.8 Å². The van der Waals surface area contributed by atoms with E-state index in [1.54, 1.807) is 16.7 Å². The monoisotopic (exact) mass is 344 g/mol. The Bertz CT molecular complexity index is 481. The normalized spacial score (nSPS) is 31.7. The summed E-state index contributed by atoms with van der Waals surface area (Å²) < 4.78 is 0. The molecule has 6 nitrogen and oxygen atoms in total. The van der Waals surface area contributed by atoms with Crippen LogP contribution in [0.4, 0.5) is 0 Å². The van der Waals surface area contributed by atoms with E-state index < -0.39 is 23.8 Å².